The van der Waals surface area contributed by atoms with Gasteiger partial charge >= 0.3 is 0 Å². The SMILES string of the molecule is CCn1cc(O[C@@H]2COC[C@@H]2NC(=O)c2cccn2C2CCCC2)cn1. The van der Waals surface area contributed by atoms with Gasteiger partial charge < -0.3 is 19.4 Å². The van der Waals surface area contributed by atoms with E-state index in [0.29, 0.717) is 25.0 Å². The minimum Gasteiger partial charge on any atom is -0.482 e. The number of rotatable bonds is 6. The third kappa shape index (κ3) is 3.49. The number of carbonyl (C=O) groups excluding carboxylic acids is 1. The van der Waals surface area contributed by atoms with Gasteiger partial charge in [0.1, 0.15) is 11.8 Å². The van der Waals surface area contributed by atoms with Crippen LogP contribution in [0, 0.1) is 0 Å². The summed E-state index contributed by atoms with van der Waals surface area (Å²) in [6.45, 7) is 3.75. The molecule has 26 heavy (non-hydrogen) atoms. The molecule has 1 saturated heterocycles. The molecule has 0 aromatic carbocycles. The Morgan fingerprint density at radius 2 is 2.23 bits per heavy atom. The Morgan fingerprint density at radius 1 is 1.38 bits per heavy atom. The quantitative estimate of drug-likeness (QED) is 0.861. The third-order valence-electron chi connectivity index (χ3n) is 5.30. The smallest absolute Gasteiger partial charge is 0.268 e. The average molecular weight is 358 g/mol. The molecule has 7 heteroatoms. The van der Waals surface area contributed by atoms with Crippen molar-refractivity contribution < 1.29 is 14.3 Å². The van der Waals surface area contributed by atoms with Crippen molar-refractivity contribution >= 4 is 5.91 Å². The Labute approximate surface area is 153 Å². The van der Waals surface area contributed by atoms with Crippen LogP contribution >= 0.6 is 0 Å². The first-order valence-corrected chi connectivity index (χ1v) is 9.49. The van der Waals surface area contributed by atoms with Gasteiger partial charge in [-0.25, -0.2) is 0 Å². The van der Waals surface area contributed by atoms with E-state index in [4.69, 9.17) is 9.47 Å². The molecule has 140 valence electrons. The molecule has 3 heterocycles. The van der Waals surface area contributed by atoms with E-state index in [1.807, 2.05) is 36.1 Å². The molecule has 4 rings (SSSR count). The normalized spacial score (nSPS) is 23.4. The lowest BCUT2D eigenvalue weighted by molar-refractivity contribution is 0.0892. The van der Waals surface area contributed by atoms with Gasteiger partial charge in [0.25, 0.3) is 5.91 Å². The van der Waals surface area contributed by atoms with Crippen molar-refractivity contribution in [2.45, 2.75) is 57.3 Å². The Morgan fingerprint density at radius 3 is 3.00 bits per heavy atom. The van der Waals surface area contributed by atoms with E-state index in [0.717, 1.165) is 25.1 Å². The van der Waals surface area contributed by atoms with Gasteiger partial charge in [-0.2, -0.15) is 5.10 Å². The van der Waals surface area contributed by atoms with Gasteiger partial charge in [-0.05, 0) is 31.9 Å². The highest BCUT2D eigenvalue weighted by atomic mass is 16.5. The topological polar surface area (TPSA) is 70.3 Å². The van der Waals surface area contributed by atoms with Crippen LogP contribution in [0.4, 0.5) is 0 Å². The summed E-state index contributed by atoms with van der Waals surface area (Å²) in [5.41, 5.74) is 0.723. The predicted molar refractivity (Wildman–Crippen MR) is 96.3 cm³/mol. The molecule has 1 N–H and O–H groups in total. The number of nitrogens with one attached hydrogen (secondary N) is 1. The molecule has 2 atom stereocenters. The summed E-state index contributed by atoms with van der Waals surface area (Å²) < 4.78 is 15.5. The molecule has 0 bridgehead atoms. The maximum absolute atomic E-state index is 12.8. The number of hydrogen-bond donors (Lipinski definition) is 1. The number of carbonyl (C=O) groups is 1. The van der Waals surface area contributed by atoms with Crippen molar-refractivity contribution in [2.24, 2.45) is 0 Å². The Bertz CT molecular complexity index is 748. The summed E-state index contributed by atoms with van der Waals surface area (Å²) in [7, 11) is 0. The van der Waals surface area contributed by atoms with Crippen molar-refractivity contribution in [3.05, 3.63) is 36.4 Å². The number of amides is 1. The van der Waals surface area contributed by atoms with E-state index >= 15 is 0 Å². The molecule has 2 aliphatic rings. The van der Waals surface area contributed by atoms with Gasteiger partial charge in [0.2, 0.25) is 0 Å². The molecule has 2 aromatic rings. The summed E-state index contributed by atoms with van der Waals surface area (Å²) in [4.78, 5) is 12.8. The summed E-state index contributed by atoms with van der Waals surface area (Å²) in [5.74, 6) is 0.645. The lowest BCUT2D eigenvalue weighted by atomic mass is 10.2. The maximum atomic E-state index is 12.8. The van der Waals surface area contributed by atoms with Gasteiger partial charge in [-0.3, -0.25) is 9.48 Å². The van der Waals surface area contributed by atoms with E-state index in [9.17, 15) is 4.79 Å². The molecule has 0 radical (unpaired) electrons. The van der Waals surface area contributed by atoms with Gasteiger partial charge in [-0.15, -0.1) is 0 Å². The number of ether oxygens (including phenoxy) is 2. The van der Waals surface area contributed by atoms with Crippen LogP contribution in [0.15, 0.2) is 30.7 Å². The highest BCUT2D eigenvalue weighted by Gasteiger charge is 2.33. The second kappa shape index (κ2) is 7.53. The molecule has 2 aromatic heterocycles. The van der Waals surface area contributed by atoms with Crippen molar-refractivity contribution in [1.29, 1.82) is 0 Å². The molecule has 1 saturated carbocycles. The number of aryl methyl sites for hydroxylation is 1. The minimum absolute atomic E-state index is 0.0600. The largest absolute Gasteiger partial charge is 0.482 e. The molecule has 1 amide bonds. The highest BCUT2D eigenvalue weighted by molar-refractivity contribution is 5.93. The fraction of sp³-hybridized carbons (Fsp3) is 0.579. The van der Waals surface area contributed by atoms with Crippen LogP contribution in [0.25, 0.3) is 0 Å². The molecule has 1 aliphatic heterocycles. The Hall–Kier alpha value is -2.28. The van der Waals surface area contributed by atoms with E-state index < -0.39 is 0 Å². The molecule has 1 aliphatic carbocycles. The van der Waals surface area contributed by atoms with Crippen LogP contribution in [0.2, 0.25) is 0 Å². The zero-order valence-electron chi connectivity index (χ0n) is 15.1. The van der Waals surface area contributed by atoms with Gasteiger partial charge in [0, 0.05) is 18.8 Å². The number of nitrogens with zero attached hydrogens (tertiary/aromatic N) is 3. The fourth-order valence-electron chi connectivity index (χ4n) is 3.87. The summed E-state index contributed by atoms with van der Waals surface area (Å²) in [6, 6.07) is 4.12. The van der Waals surface area contributed by atoms with Crippen LogP contribution in [-0.2, 0) is 11.3 Å². The van der Waals surface area contributed by atoms with Crippen LogP contribution in [0.3, 0.4) is 0 Å². The van der Waals surface area contributed by atoms with Crippen molar-refractivity contribution in [1.82, 2.24) is 19.7 Å². The predicted octanol–water partition coefficient (Wildman–Crippen LogP) is 2.40. The third-order valence-corrected chi connectivity index (χ3v) is 5.30. The van der Waals surface area contributed by atoms with Crippen LogP contribution in [-0.4, -0.2) is 45.6 Å². The highest BCUT2D eigenvalue weighted by Crippen LogP contribution is 2.30. The second-order valence-electron chi connectivity index (χ2n) is 7.04. The molecular formula is C19H26N4O3. The summed E-state index contributed by atoms with van der Waals surface area (Å²) in [6.07, 6.45) is 10.1. The standard InChI is InChI=1S/C19H26N4O3/c1-2-22-11-15(10-20-22)26-18-13-25-12-16(18)21-19(24)17-8-5-9-23(17)14-6-3-4-7-14/h5,8-11,14,16,18H,2-4,6-7,12-13H2,1H3,(H,21,24)/t16-,18+/m0/s1. The van der Waals surface area contributed by atoms with Gasteiger partial charge in [-0.1, -0.05) is 12.8 Å². The monoisotopic (exact) mass is 358 g/mol. The van der Waals surface area contributed by atoms with Crippen LogP contribution in [0.5, 0.6) is 5.75 Å². The Balaban J connectivity index is 1.41. The lowest BCUT2D eigenvalue weighted by Crippen LogP contribution is -2.45. The molecule has 7 nitrogen and oxygen atoms in total. The summed E-state index contributed by atoms with van der Waals surface area (Å²) >= 11 is 0. The molecule has 0 spiro atoms. The first-order valence-electron chi connectivity index (χ1n) is 9.49. The van der Waals surface area contributed by atoms with E-state index in [-0.39, 0.29) is 18.1 Å². The van der Waals surface area contributed by atoms with Crippen molar-refractivity contribution in [3.63, 3.8) is 0 Å². The number of aromatic nitrogens is 3. The van der Waals surface area contributed by atoms with E-state index in [1.54, 1.807) is 6.20 Å². The van der Waals surface area contributed by atoms with Crippen molar-refractivity contribution in [2.75, 3.05) is 13.2 Å². The van der Waals surface area contributed by atoms with Gasteiger partial charge in [0.05, 0.1) is 31.6 Å². The van der Waals surface area contributed by atoms with E-state index in [2.05, 4.69) is 15.0 Å². The molecular weight excluding hydrogens is 332 g/mol. The Kier molecular flexibility index (Phi) is 4.97. The molecule has 2 fully saturated rings. The van der Waals surface area contributed by atoms with Gasteiger partial charge in [0.15, 0.2) is 5.75 Å². The van der Waals surface area contributed by atoms with Crippen LogP contribution < -0.4 is 10.1 Å². The summed E-state index contributed by atoms with van der Waals surface area (Å²) in [5, 5.41) is 7.32. The van der Waals surface area contributed by atoms with E-state index in [1.165, 1.54) is 12.8 Å². The maximum Gasteiger partial charge on any atom is 0.268 e. The zero-order chi connectivity index (χ0) is 17.9. The van der Waals surface area contributed by atoms with Crippen LogP contribution in [0.1, 0.15) is 49.1 Å². The zero-order valence-corrected chi connectivity index (χ0v) is 15.1. The lowest BCUT2D eigenvalue weighted by Gasteiger charge is -2.21. The molecule has 0 unspecified atom stereocenters. The minimum atomic E-state index is -0.205. The number of hydrogen-bond acceptors (Lipinski definition) is 4. The van der Waals surface area contributed by atoms with Crippen molar-refractivity contribution in [3.8, 4) is 5.75 Å². The first kappa shape index (κ1) is 17.1. The second-order valence-corrected chi connectivity index (χ2v) is 7.04. The first-order chi connectivity index (χ1) is 12.7. The fourth-order valence-corrected chi connectivity index (χ4v) is 3.87. The average Bonchev–Trinajstić information content (AvgIpc) is 3.43.